The summed E-state index contributed by atoms with van der Waals surface area (Å²) in [4.78, 5) is 3.58. The molecule has 0 rings (SSSR count). The molecule has 0 radical (unpaired) electrons. The van der Waals surface area contributed by atoms with E-state index >= 15 is 0 Å². The largest absolute Gasteiger partial charge is 0.376 e. The van der Waals surface area contributed by atoms with E-state index in [0.717, 1.165) is 12.8 Å². The van der Waals surface area contributed by atoms with E-state index in [2.05, 4.69) is 11.9 Å². The van der Waals surface area contributed by atoms with Crippen molar-refractivity contribution in [3.8, 4) is 0 Å². The van der Waals surface area contributed by atoms with E-state index in [9.17, 15) is 0 Å². The van der Waals surface area contributed by atoms with Crippen molar-refractivity contribution < 1.29 is 15.4 Å². The van der Waals surface area contributed by atoms with Crippen molar-refractivity contribution in [3.05, 3.63) is 0 Å². The van der Waals surface area contributed by atoms with Crippen LogP contribution in [0.4, 0.5) is 0 Å². The molecule has 0 heterocycles. The molecular formula is C8H19NO3. The number of hydrogen-bond donors (Lipinski definition) is 3. The second-order valence-corrected chi connectivity index (χ2v) is 2.93. The summed E-state index contributed by atoms with van der Waals surface area (Å²) in [5, 5.41) is 16.9. The molecule has 74 valence electrons. The third kappa shape index (κ3) is 7.94. The van der Waals surface area contributed by atoms with Gasteiger partial charge in [0, 0.05) is 0 Å². The lowest BCUT2D eigenvalue weighted by molar-refractivity contribution is -0.314. The average molecular weight is 177 g/mol. The second-order valence-electron chi connectivity index (χ2n) is 2.93. The molecule has 4 heteroatoms. The summed E-state index contributed by atoms with van der Waals surface area (Å²) in [5.41, 5.74) is 2.05. The molecule has 0 amide bonds. The minimum absolute atomic E-state index is 0.615. The molecule has 0 aromatic heterocycles. The summed E-state index contributed by atoms with van der Waals surface area (Å²) in [5.74, 6) is 0. The van der Waals surface area contributed by atoms with Gasteiger partial charge in [-0.2, -0.15) is 0 Å². The quantitative estimate of drug-likeness (QED) is 0.228. The fourth-order valence-corrected chi connectivity index (χ4v) is 1.06. The van der Waals surface area contributed by atoms with Crippen LogP contribution in [0.3, 0.4) is 0 Å². The van der Waals surface area contributed by atoms with Gasteiger partial charge in [-0.1, -0.05) is 32.6 Å². The first-order valence-corrected chi connectivity index (χ1v) is 4.55. The minimum Gasteiger partial charge on any atom is -0.376 e. The van der Waals surface area contributed by atoms with Crippen molar-refractivity contribution >= 4 is 0 Å². The van der Waals surface area contributed by atoms with E-state index in [-0.39, 0.29) is 0 Å². The lowest BCUT2D eigenvalue weighted by Gasteiger charge is -2.08. The number of nitrogens with one attached hydrogen (secondary N) is 1. The van der Waals surface area contributed by atoms with Crippen LogP contribution in [0, 0.1) is 0 Å². The van der Waals surface area contributed by atoms with Gasteiger partial charge in [0.25, 0.3) is 0 Å². The highest BCUT2D eigenvalue weighted by Gasteiger charge is 2.01. The summed E-state index contributed by atoms with van der Waals surface area (Å²) >= 11 is 0. The Kier molecular flexibility index (Phi) is 8.81. The molecule has 0 fully saturated rings. The number of aliphatic hydroxyl groups is 1. The Labute approximate surface area is 73.4 Å². The monoisotopic (exact) mass is 177 g/mol. The van der Waals surface area contributed by atoms with Crippen molar-refractivity contribution in [1.82, 2.24) is 5.48 Å². The van der Waals surface area contributed by atoms with E-state index in [1.54, 1.807) is 0 Å². The number of aliphatic hydroxyl groups excluding tert-OH is 1. The van der Waals surface area contributed by atoms with Gasteiger partial charge in [0.15, 0.2) is 0 Å². The molecule has 0 bridgehead atoms. The topological polar surface area (TPSA) is 61.7 Å². The van der Waals surface area contributed by atoms with Crippen LogP contribution in [-0.2, 0) is 4.99 Å². The maximum Gasteiger partial charge on any atom is 0.130 e. The van der Waals surface area contributed by atoms with Gasteiger partial charge >= 0.3 is 0 Å². The zero-order valence-corrected chi connectivity index (χ0v) is 7.62. The summed E-state index contributed by atoms with van der Waals surface area (Å²) in [6.45, 7) is 2.16. The maximum absolute atomic E-state index is 9.01. The lowest BCUT2D eigenvalue weighted by Crippen LogP contribution is -2.27. The van der Waals surface area contributed by atoms with Crippen LogP contribution in [0.1, 0.15) is 45.4 Å². The van der Waals surface area contributed by atoms with Crippen LogP contribution in [0.5, 0.6) is 0 Å². The van der Waals surface area contributed by atoms with Crippen molar-refractivity contribution in [2.45, 2.75) is 51.7 Å². The zero-order valence-electron chi connectivity index (χ0n) is 7.62. The predicted octanol–water partition coefficient (Wildman–Crippen LogP) is 1.66. The van der Waals surface area contributed by atoms with Crippen LogP contribution in [0.2, 0.25) is 0 Å². The van der Waals surface area contributed by atoms with Crippen LogP contribution in [-0.4, -0.2) is 16.6 Å². The van der Waals surface area contributed by atoms with E-state index in [0.29, 0.717) is 6.42 Å². The van der Waals surface area contributed by atoms with E-state index in [4.69, 9.17) is 10.4 Å². The molecule has 1 unspecified atom stereocenters. The molecule has 12 heavy (non-hydrogen) atoms. The molecule has 0 aliphatic heterocycles. The third-order valence-electron chi connectivity index (χ3n) is 1.77. The summed E-state index contributed by atoms with van der Waals surface area (Å²) in [6.07, 6.45) is 5.63. The number of unbranched alkanes of at least 4 members (excludes halogenated alkanes) is 4. The number of hydroxylamine groups is 1. The molecule has 3 N–H and O–H groups in total. The van der Waals surface area contributed by atoms with Crippen LogP contribution < -0.4 is 5.48 Å². The summed E-state index contributed by atoms with van der Waals surface area (Å²) < 4.78 is 0. The highest BCUT2D eigenvalue weighted by atomic mass is 17.2. The van der Waals surface area contributed by atoms with Gasteiger partial charge in [-0.15, -0.1) is 10.5 Å². The molecule has 0 aromatic carbocycles. The molecular weight excluding hydrogens is 158 g/mol. The zero-order chi connectivity index (χ0) is 9.23. The Morgan fingerprint density at radius 2 is 1.92 bits per heavy atom. The lowest BCUT2D eigenvalue weighted by atomic mass is 10.1. The number of rotatable bonds is 8. The fourth-order valence-electron chi connectivity index (χ4n) is 1.06. The van der Waals surface area contributed by atoms with Crippen molar-refractivity contribution in [3.63, 3.8) is 0 Å². The number of hydrogen-bond acceptors (Lipinski definition) is 4. The Bertz CT molecular complexity index is 90.4. The van der Waals surface area contributed by atoms with Crippen molar-refractivity contribution in [2.24, 2.45) is 0 Å². The van der Waals surface area contributed by atoms with Gasteiger partial charge in [0.1, 0.15) is 6.23 Å². The van der Waals surface area contributed by atoms with Crippen molar-refractivity contribution in [1.29, 1.82) is 0 Å². The molecule has 0 spiro atoms. The van der Waals surface area contributed by atoms with E-state index in [1.165, 1.54) is 19.3 Å². The molecule has 0 aromatic rings. The molecule has 1 atom stereocenters. The maximum atomic E-state index is 9.01. The molecule has 0 saturated heterocycles. The van der Waals surface area contributed by atoms with Crippen LogP contribution >= 0.6 is 0 Å². The van der Waals surface area contributed by atoms with Gasteiger partial charge in [0.2, 0.25) is 0 Å². The predicted molar refractivity (Wildman–Crippen MR) is 46.2 cm³/mol. The first-order valence-electron chi connectivity index (χ1n) is 4.55. The van der Waals surface area contributed by atoms with E-state index < -0.39 is 6.23 Å². The van der Waals surface area contributed by atoms with Gasteiger partial charge < -0.3 is 5.11 Å². The Hall–Kier alpha value is -0.160. The van der Waals surface area contributed by atoms with Crippen LogP contribution in [0.25, 0.3) is 0 Å². The highest BCUT2D eigenvalue weighted by Crippen LogP contribution is 2.05. The normalized spacial score (nSPS) is 13.2. The van der Waals surface area contributed by atoms with Crippen molar-refractivity contribution in [2.75, 3.05) is 0 Å². The Morgan fingerprint density at radius 1 is 1.25 bits per heavy atom. The van der Waals surface area contributed by atoms with E-state index in [1.807, 2.05) is 5.48 Å². The fraction of sp³-hybridized carbons (Fsp3) is 1.00. The third-order valence-corrected chi connectivity index (χ3v) is 1.77. The molecule has 0 aliphatic carbocycles. The van der Waals surface area contributed by atoms with Crippen LogP contribution in [0.15, 0.2) is 0 Å². The first-order chi connectivity index (χ1) is 5.81. The summed E-state index contributed by atoms with van der Waals surface area (Å²) in [6, 6.07) is 0. The average Bonchev–Trinajstić information content (AvgIpc) is 2.05. The van der Waals surface area contributed by atoms with Gasteiger partial charge in [-0.05, 0) is 12.8 Å². The molecule has 0 saturated carbocycles. The summed E-state index contributed by atoms with van der Waals surface area (Å²) in [7, 11) is 0. The molecule has 0 aliphatic rings. The Morgan fingerprint density at radius 3 is 2.50 bits per heavy atom. The smallest absolute Gasteiger partial charge is 0.130 e. The molecule has 4 nitrogen and oxygen atoms in total. The van der Waals surface area contributed by atoms with Gasteiger partial charge in [-0.3, -0.25) is 0 Å². The standard InChI is InChI=1S/C8H19NO3/c1-2-3-4-5-6-7-8(10)9-12-11/h8-11H,2-7H2,1H3. The SMILES string of the molecule is CCCCCCCC(O)NOO. The van der Waals surface area contributed by atoms with Gasteiger partial charge in [0.05, 0.1) is 0 Å². The second kappa shape index (κ2) is 8.93. The minimum atomic E-state index is -0.753. The van der Waals surface area contributed by atoms with Gasteiger partial charge in [-0.25, -0.2) is 5.26 Å². The Balaban J connectivity index is 2.97. The first kappa shape index (κ1) is 11.8. The highest BCUT2D eigenvalue weighted by molar-refractivity contribution is 4.48.